The monoisotopic (exact) mass is 367 g/mol. The maximum atomic E-state index is 12.2. The predicted octanol–water partition coefficient (Wildman–Crippen LogP) is 2.59. The van der Waals surface area contributed by atoms with Gasteiger partial charge in [-0.05, 0) is 36.6 Å². The topological polar surface area (TPSA) is 85.5 Å². The minimum absolute atomic E-state index is 0.140. The number of likely N-dealkylation sites (tertiary alicyclic amines) is 1. The molecule has 2 amide bonds. The van der Waals surface area contributed by atoms with Crippen LogP contribution in [-0.4, -0.2) is 48.5 Å². The van der Waals surface area contributed by atoms with Crippen LogP contribution in [0.2, 0.25) is 0 Å². The van der Waals surface area contributed by atoms with Crippen molar-refractivity contribution in [3.8, 4) is 11.1 Å². The number of nitrogens with two attached hydrogens (primary N) is 1. The number of carbonyl (C=O) groups is 2. The van der Waals surface area contributed by atoms with Crippen molar-refractivity contribution < 1.29 is 14.3 Å². The van der Waals surface area contributed by atoms with Gasteiger partial charge in [-0.25, -0.2) is 0 Å². The van der Waals surface area contributed by atoms with Crippen LogP contribution in [0.25, 0.3) is 11.1 Å². The molecule has 1 aromatic carbocycles. The Labute approximate surface area is 159 Å². The summed E-state index contributed by atoms with van der Waals surface area (Å²) in [4.78, 5) is 30.2. The molecular weight excluding hydrogens is 342 g/mol. The van der Waals surface area contributed by atoms with Gasteiger partial charge < -0.3 is 15.4 Å². The number of piperidine rings is 1. The average molecular weight is 367 g/mol. The molecule has 0 radical (unpaired) electrons. The number of aromatic nitrogens is 1. The smallest absolute Gasteiger partial charge is 0.248 e. The highest BCUT2D eigenvalue weighted by Crippen LogP contribution is 2.28. The van der Waals surface area contributed by atoms with E-state index in [9.17, 15) is 9.59 Å². The normalized spacial score (nSPS) is 16.9. The molecule has 6 nitrogen and oxygen atoms in total. The number of benzene rings is 1. The van der Waals surface area contributed by atoms with Crippen LogP contribution in [-0.2, 0) is 9.53 Å². The van der Waals surface area contributed by atoms with E-state index >= 15 is 0 Å². The fraction of sp³-hybridized carbons (Fsp3) is 0.381. The van der Waals surface area contributed by atoms with Gasteiger partial charge in [0.1, 0.15) is 0 Å². The largest absolute Gasteiger partial charge is 0.384 e. The summed E-state index contributed by atoms with van der Waals surface area (Å²) in [6.45, 7) is 1.96. The van der Waals surface area contributed by atoms with Crippen molar-refractivity contribution >= 4 is 11.8 Å². The fourth-order valence-electron chi connectivity index (χ4n) is 3.46. The summed E-state index contributed by atoms with van der Waals surface area (Å²) in [7, 11) is 1.61. The van der Waals surface area contributed by atoms with Gasteiger partial charge in [0.05, 0.1) is 13.0 Å². The molecule has 2 heterocycles. The van der Waals surface area contributed by atoms with E-state index in [-0.39, 0.29) is 11.8 Å². The first-order valence-electron chi connectivity index (χ1n) is 9.21. The molecule has 3 rings (SSSR count). The van der Waals surface area contributed by atoms with Crippen molar-refractivity contribution in [2.75, 3.05) is 26.8 Å². The van der Waals surface area contributed by atoms with Gasteiger partial charge in [0, 0.05) is 49.1 Å². The maximum absolute atomic E-state index is 12.2. The second-order valence-corrected chi connectivity index (χ2v) is 6.84. The van der Waals surface area contributed by atoms with Gasteiger partial charge in [-0.3, -0.25) is 14.6 Å². The van der Waals surface area contributed by atoms with E-state index < -0.39 is 5.91 Å². The number of rotatable bonds is 6. The van der Waals surface area contributed by atoms with Gasteiger partial charge in [0.2, 0.25) is 11.8 Å². The van der Waals surface area contributed by atoms with E-state index in [1.54, 1.807) is 19.2 Å². The molecule has 142 valence electrons. The Balaban J connectivity index is 1.70. The van der Waals surface area contributed by atoms with Gasteiger partial charge in [0.25, 0.3) is 0 Å². The van der Waals surface area contributed by atoms with Crippen LogP contribution in [0, 0.1) is 0 Å². The Morgan fingerprint density at radius 3 is 2.81 bits per heavy atom. The molecule has 1 aliphatic heterocycles. The van der Waals surface area contributed by atoms with Crippen molar-refractivity contribution in [1.29, 1.82) is 0 Å². The summed E-state index contributed by atoms with van der Waals surface area (Å²) >= 11 is 0. The van der Waals surface area contributed by atoms with Crippen LogP contribution in [0.3, 0.4) is 0 Å². The van der Waals surface area contributed by atoms with E-state index in [2.05, 4.69) is 4.98 Å². The summed E-state index contributed by atoms with van der Waals surface area (Å²) in [6, 6.07) is 11.2. The maximum Gasteiger partial charge on any atom is 0.248 e. The highest BCUT2D eigenvalue weighted by atomic mass is 16.5. The number of carbonyl (C=O) groups excluding carboxylic acids is 2. The summed E-state index contributed by atoms with van der Waals surface area (Å²) in [5, 5.41) is 0. The molecular formula is C21H25N3O3. The zero-order valence-electron chi connectivity index (χ0n) is 15.6. The number of ether oxygens (including phenoxy) is 1. The summed E-state index contributed by atoms with van der Waals surface area (Å²) in [5.74, 6) is -0.0560. The summed E-state index contributed by atoms with van der Waals surface area (Å²) < 4.78 is 5.00. The summed E-state index contributed by atoms with van der Waals surface area (Å²) in [5.41, 5.74) is 8.67. The molecule has 1 fully saturated rings. The zero-order chi connectivity index (χ0) is 19.2. The van der Waals surface area contributed by atoms with Gasteiger partial charge >= 0.3 is 0 Å². The first-order chi connectivity index (χ1) is 13.1. The van der Waals surface area contributed by atoms with Crippen molar-refractivity contribution in [2.24, 2.45) is 5.73 Å². The third-order valence-corrected chi connectivity index (χ3v) is 4.98. The minimum Gasteiger partial charge on any atom is -0.384 e. The van der Waals surface area contributed by atoms with Gasteiger partial charge in [-0.2, -0.15) is 0 Å². The minimum atomic E-state index is -0.443. The molecule has 0 saturated carbocycles. The number of hydrogen-bond acceptors (Lipinski definition) is 4. The second kappa shape index (κ2) is 8.77. The molecule has 1 aromatic heterocycles. The molecule has 1 aliphatic rings. The van der Waals surface area contributed by atoms with Crippen LogP contribution >= 0.6 is 0 Å². The zero-order valence-corrected chi connectivity index (χ0v) is 15.6. The number of hydrogen-bond donors (Lipinski definition) is 1. The van der Waals surface area contributed by atoms with Crippen LogP contribution in [0.5, 0.6) is 0 Å². The Hall–Kier alpha value is -2.73. The van der Waals surface area contributed by atoms with Gasteiger partial charge in [-0.1, -0.05) is 18.2 Å². The number of pyridine rings is 1. The van der Waals surface area contributed by atoms with Crippen LogP contribution in [0.1, 0.15) is 41.2 Å². The van der Waals surface area contributed by atoms with Crippen molar-refractivity contribution in [2.45, 2.75) is 25.2 Å². The third-order valence-electron chi connectivity index (χ3n) is 4.98. The van der Waals surface area contributed by atoms with E-state index in [1.165, 1.54) is 0 Å². The second-order valence-electron chi connectivity index (χ2n) is 6.84. The molecule has 2 N–H and O–H groups in total. The number of nitrogens with zero attached hydrogens (tertiary/aromatic N) is 2. The quantitative estimate of drug-likeness (QED) is 0.850. The number of amides is 2. The lowest BCUT2D eigenvalue weighted by atomic mass is 9.93. The summed E-state index contributed by atoms with van der Waals surface area (Å²) in [6.07, 6.45) is 4.25. The lowest BCUT2D eigenvalue weighted by Crippen LogP contribution is -2.39. The molecule has 1 atom stereocenters. The first-order valence-corrected chi connectivity index (χ1v) is 9.21. The van der Waals surface area contributed by atoms with Crippen molar-refractivity contribution in [3.63, 3.8) is 0 Å². The Morgan fingerprint density at radius 1 is 1.26 bits per heavy atom. The van der Waals surface area contributed by atoms with E-state index in [4.69, 9.17) is 10.5 Å². The van der Waals surface area contributed by atoms with Gasteiger partial charge in [-0.15, -0.1) is 0 Å². The highest BCUT2D eigenvalue weighted by Gasteiger charge is 2.25. The molecule has 0 bridgehead atoms. The highest BCUT2D eigenvalue weighted by molar-refractivity contribution is 5.94. The molecule has 0 spiro atoms. The Bertz CT molecular complexity index is 805. The fourth-order valence-corrected chi connectivity index (χ4v) is 3.46. The molecule has 1 unspecified atom stereocenters. The van der Waals surface area contributed by atoms with Crippen LogP contribution in [0.15, 0.2) is 42.6 Å². The van der Waals surface area contributed by atoms with E-state index in [1.807, 2.05) is 35.4 Å². The molecule has 2 aromatic rings. The molecule has 0 aliphatic carbocycles. The molecule has 27 heavy (non-hydrogen) atoms. The molecule has 1 saturated heterocycles. The standard InChI is InChI=1S/C21H25N3O3/c1-27-11-9-20(25)24-10-3-6-18(14-24)19-8-7-17(13-23-19)15-4-2-5-16(12-15)21(22)26/h2,4-5,7-8,12-13,18H,3,6,9-11,14H2,1H3,(H2,22,26). The predicted molar refractivity (Wildman–Crippen MR) is 103 cm³/mol. The first kappa shape index (κ1) is 19.0. The lowest BCUT2D eigenvalue weighted by Gasteiger charge is -2.32. The SMILES string of the molecule is COCCC(=O)N1CCCC(c2ccc(-c3cccc(C(N)=O)c3)cn2)C1. The van der Waals surface area contributed by atoms with Crippen molar-refractivity contribution in [3.05, 3.63) is 53.9 Å². The Morgan fingerprint density at radius 2 is 2.11 bits per heavy atom. The van der Waals surface area contributed by atoms with E-state index in [0.29, 0.717) is 25.1 Å². The van der Waals surface area contributed by atoms with E-state index in [0.717, 1.165) is 36.2 Å². The van der Waals surface area contributed by atoms with Crippen LogP contribution in [0.4, 0.5) is 0 Å². The van der Waals surface area contributed by atoms with Crippen molar-refractivity contribution in [1.82, 2.24) is 9.88 Å². The Kier molecular flexibility index (Phi) is 6.19. The molecule has 6 heteroatoms. The van der Waals surface area contributed by atoms with Gasteiger partial charge in [0.15, 0.2) is 0 Å². The third kappa shape index (κ3) is 4.71. The number of methoxy groups -OCH3 is 1. The average Bonchev–Trinajstić information content (AvgIpc) is 2.72. The number of primary amides is 1. The lowest BCUT2D eigenvalue weighted by molar-refractivity contribution is -0.133. The van der Waals surface area contributed by atoms with Crippen LogP contribution < -0.4 is 5.73 Å².